The summed E-state index contributed by atoms with van der Waals surface area (Å²) >= 11 is 0. The predicted octanol–water partition coefficient (Wildman–Crippen LogP) is 35.5. The lowest BCUT2D eigenvalue weighted by Gasteiger charge is -2.28. The molecule has 96 heavy (non-hydrogen) atoms. The van der Waals surface area contributed by atoms with Gasteiger partial charge in [-0.2, -0.15) is 0 Å². The Hall–Kier alpha value is 0. The van der Waals surface area contributed by atoms with Gasteiger partial charge >= 0.3 is 0 Å². The molecule has 0 nitrogen and oxygen atoms in total. The molecule has 0 bridgehead atoms. The molecule has 0 spiro atoms. The third kappa shape index (κ3) is 81.3. The first-order valence-electron chi connectivity index (χ1n) is 43.5. The maximum absolute atomic E-state index is 2.36. The van der Waals surface area contributed by atoms with Gasteiger partial charge in [0, 0.05) is 0 Å². The highest BCUT2D eigenvalue weighted by Crippen LogP contribution is 2.34. The Kier molecular flexibility index (Phi) is 81.2. The summed E-state index contributed by atoms with van der Waals surface area (Å²) in [6.45, 7) is 114. The molecular weight excluding hydrogens is 1150 g/mol. The second-order valence-electron chi connectivity index (χ2n) is 40.8. The van der Waals surface area contributed by atoms with Gasteiger partial charge in [-0.25, -0.2) is 0 Å². The first-order valence-corrected chi connectivity index (χ1v) is 43.5. The van der Waals surface area contributed by atoms with E-state index in [1.165, 1.54) is 116 Å². The minimum Gasteiger partial charge on any atom is -0.0654 e. The summed E-state index contributed by atoms with van der Waals surface area (Å²) in [5.41, 5.74) is 1.00. The quantitative estimate of drug-likeness (QED) is 0.0549. The van der Waals surface area contributed by atoms with E-state index in [-0.39, 0.29) is 0 Å². The summed E-state index contributed by atoms with van der Waals surface area (Å²) < 4.78 is 0. The fraction of sp³-hybridized carbons (Fsp3) is 1.00. The molecular formula is C96H210. The highest BCUT2D eigenvalue weighted by atomic mass is 14.3. The Morgan fingerprint density at radius 3 is 0.521 bits per heavy atom. The van der Waals surface area contributed by atoms with Crippen molar-refractivity contribution < 1.29 is 0 Å². The van der Waals surface area contributed by atoms with Gasteiger partial charge in [0.25, 0.3) is 0 Å². The third-order valence-electron chi connectivity index (χ3n) is 22.1. The van der Waals surface area contributed by atoms with E-state index < -0.39 is 0 Å². The Labute approximate surface area is 621 Å². The molecule has 0 radical (unpaired) electrons. The van der Waals surface area contributed by atoms with Crippen molar-refractivity contribution in [3.05, 3.63) is 0 Å². The van der Waals surface area contributed by atoms with Crippen LogP contribution in [-0.2, 0) is 0 Å². The van der Waals surface area contributed by atoms with E-state index in [1.807, 2.05) is 0 Å². The number of hydrogen-bond acceptors (Lipinski definition) is 0. The van der Waals surface area contributed by atoms with Gasteiger partial charge in [0.15, 0.2) is 0 Å². The van der Waals surface area contributed by atoms with Crippen LogP contribution in [0.25, 0.3) is 0 Å². The lowest BCUT2D eigenvalue weighted by molar-refractivity contribution is 0.225. The van der Waals surface area contributed by atoms with Crippen LogP contribution in [0.1, 0.15) is 455 Å². The topological polar surface area (TPSA) is 0 Å². The molecule has 0 aromatic rings. The predicted molar refractivity (Wildman–Crippen MR) is 460 cm³/mol. The van der Waals surface area contributed by atoms with Gasteiger partial charge in [-0.05, 0) is 216 Å². The van der Waals surface area contributed by atoms with Crippen molar-refractivity contribution in [3.8, 4) is 0 Å². The van der Waals surface area contributed by atoms with Crippen LogP contribution in [0.5, 0.6) is 0 Å². The summed E-state index contributed by atoms with van der Waals surface area (Å²) in [5, 5.41) is 0. The number of unbranched alkanes of at least 4 members (excludes halogenated alkanes) is 3. The Morgan fingerprint density at radius 2 is 0.375 bits per heavy atom. The molecule has 0 saturated carbocycles. The monoisotopic (exact) mass is 1360 g/mol. The average Bonchev–Trinajstić information content (AvgIpc) is 3.56. The molecule has 0 N–H and O–H groups in total. The molecule has 0 aliphatic heterocycles. The van der Waals surface area contributed by atoms with E-state index in [2.05, 4.69) is 339 Å². The fourth-order valence-corrected chi connectivity index (χ4v) is 14.9. The molecule has 0 aromatic carbocycles. The summed E-state index contributed by atoms with van der Waals surface area (Å²) in [6, 6.07) is 0. The van der Waals surface area contributed by atoms with Crippen molar-refractivity contribution in [3.63, 3.8) is 0 Å². The molecule has 0 rings (SSSR count). The smallest absolute Gasteiger partial charge is 0.0368 e. The fourth-order valence-electron chi connectivity index (χ4n) is 14.9. The van der Waals surface area contributed by atoms with Crippen LogP contribution in [-0.4, -0.2) is 0 Å². The van der Waals surface area contributed by atoms with Gasteiger partial charge in [-0.15, -0.1) is 0 Å². The van der Waals surface area contributed by atoms with Crippen LogP contribution in [0.3, 0.4) is 0 Å². The van der Waals surface area contributed by atoms with Gasteiger partial charge in [0.05, 0.1) is 0 Å². The van der Waals surface area contributed by atoms with Crippen molar-refractivity contribution in [2.75, 3.05) is 0 Å². The molecule has 0 fully saturated rings. The molecule has 0 unspecified atom stereocenters. The van der Waals surface area contributed by atoms with Crippen LogP contribution < -0.4 is 0 Å². The van der Waals surface area contributed by atoms with Crippen LogP contribution in [0.15, 0.2) is 0 Å². The Bertz CT molecular complexity index is 1350. The Balaban J connectivity index is -0.000000127. The molecule has 0 heterocycles. The second-order valence-corrected chi connectivity index (χ2v) is 40.8. The molecule has 0 atom stereocenters. The minimum absolute atomic E-state index is 0.502. The van der Waals surface area contributed by atoms with E-state index in [1.54, 1.807) is 0 Å². The van der Waals surface area contributed by atoms with Crippen molar-refractivity contribution in [2.45, 2.75) is 455 Å². The summed E-state index contributed by atoms with van der Waals surface area (Å²) in [7, 11) is 0. The Morgan fingerprint density at radius 1 is 0.177 bits per heavy atom. The van der Waals surface area contributed by atoms with E-state index in [0.717, 1.165) is 160 Å². The first-order chi connectivity index (χ1) is 43.5. The zero-order valence-electron chi connectivity index (χ0n) is 78.3. The van der Waals surface area contributed by atoms with Gasteiger partial charge in [0.1, 0.15) is 0 Å². The molecule has 0 amide bonds. The molecule has 0 aromatic heterocycles. The largest absolute Gasteiger partial charge is 0.0654 e. The van der Waals surface area contributed by atoms with E-state index >= 15 is 0 Å². The average molecular weight is 1360 g/mol. The highest BCUT2D eigenvalue weighted by molar-refractivity contribution is 4.74. The van der Waals surface area contributed by atoms with E-state index in [4.69, 9.17) is 0 Å². The molecule has 594 valence electrons. The van der Waals surface area contributed by atoms with Gasteiger partial charge in [0.2, 0.25) is 0 Å². The van der Waals surface area contributed by atoms with Crippen molar-refractivity contribution >= 4 is 0 Å². The minimum atomic E-state index is 0.502. The van der Waals surface area contributed by atoms with E-state index in [9.17, 15) is 0 Å². The maximum atomic E-state index is 2.36. The standard InChI is InChI=1S/2C13H28.2C12H26.C11H24.C10H22.C9H20.2C8H18/c2*1-10(2)12(11(3)4)8-9-13(5,6)7;1-9(2)7-8-12(10(3)4)11(5)6;1-6-7-8-9-12(10(2)3)11(4)5;1-6-7-8-11(9(2)3)10(4)5;1-6-7-10(8(2)3)9(4)5;1-6-9(7(2)3)8(4)5;1-7(2)5-6-8(3)4;1-6(2)8(5)7(3)4/h2*10-12H,8-9H2,1-7H3;9-12H,7-8H2,1-6H3;10-12H,6-9H2,1-5H3;9-11H,6-8H2,1-5H3;8-10H,6-7H2,1-5H3;7-9H,6H2,1-5H3;7-8H,5-6H2,1-4H3;6-8H,1-5H3. The SMILES string of the molecule is CC(C)C(C)C(C)C.CC(C)C(CCC(C)(C)C)C(C)C.CC(C)C(CCC(C)(C)C)C(C)C.CC(C)CCC(C(C)C)C(C)C.CC(C)CCC(C)C.CCC(C(C)C)C(C)C.CCCC(C(C)C)C(C)C.CCCCC(C(C)C)C(C)C.CCCCCC(C(C)C)C(C)C. The van der Waals surface area contributed by atoms with Gasteiger partial charge < -0.3 is 0 Å². The molecule has 0 heteroatoms. The number of hydrogen-bond donors (Lipinski definition) is 0. The van der Waals surface area contributed by atoms with Crippen molar-refractivity contribution in [2.24, 2.45) is 171 Å². The molecule has 0 saturated heterocycles. The van der Waals surface area contributed by atoms with Crippen molar-refractivity contribution in [1.29, 1.82) is 0 Å². The van der Waals surface area contributed by atoms with Gasteiger partial charge in [-0.1, -0.05) is 410 Å². The van der Waals surface area contributed by atoms with E-state index in [0.29, 0.717) is 10.8 Å². The van der Waals surface area contributed by atoms with Gasteiger partial charge in [-0.3, -0.25) is 0 Å². The second kappa shape index (κ2) is 68.1. The van der Waals surface area contributed by atoms with Crippen LogP contribution >= 0.6 is 0 Å². The number of rotatable bonds is 36. The lowest BCUT2D eigenvalue weighted by atomic mass is 9.78. The normalized spacial score (nSPS) is 12.4. The third-order valence-corrected chi connectivity index (χ3v) is 22.1. The van der Waals surface area contributed by atoms with Crippen LogP contribution in [0.4, 0.5) is 0 Å². The first kappa shape index (κ1) is 114. The summed E-state index contributed by atoms with van der Waals surface area (Å²) in [6.07, 6.45) is 24.9. The molecule has 0 aliphatic rings. The van der Waals surface area contributed by atoms with Crippen LogP contribution in [0, 0.1) is 171 Å². The van der Waals surface area contributed by atoms with Crippen molar-refractivity contribution in [1.82, 2.24) is 0 Å². The van der Waals surface area contributed by atoms with Crippen LogP contribution in [0.2, 0.25) is 0 Å². The summed E-state index contributed by atoms with van der Waals surface area (Å²) in [5.74, 6) is 23.6. The zero-order chi connectivity index (χ0) is 78.3. The lowest BCUT2D eigenvalue weighted by Crippen LogP contribution is -2.18. The highest BCUT2D eigenvalue weighted by Gasteiger charge is 2.24. The summed E-state index contributed by atoms with van der Waals surface area (Å²) in [4.78, 5) is 0. The maximum Gasteiger partial charge on any atom is -0.0368 e. The molecule has 0 aliphatic carbocycles. The zero-order valence-corrected chi connectivity index (χ0v) is 78.3.